The van der Waals surface area contributed by atoms with Crippen LogP contribution in [0.5, 0.6) is 0 Å². The average Bonchev–Trinajstić information content (AvgIpc) is 2.44. The summed E-state index contributed by atoms with van der Waals surface area (Å²) in [5, 5.41) is 2.83. The Morgan fingerprint density at radius 2 is 2.00 bits per heavy atom. The van der Waals surface area contributed by atoms with E-state index in [1.165, 1.54) is 0 Å². The number of rotatable bonds is 5. The maximum atomic E-state index is 13.7. The first-order chi connectivity index (χ1) is 9.61. The number of para-hydroxylation sites is 1. The Hall–Kier alpha value is -2.21. The lowest BCUT2D eigenvalue weighted by atomic mass is 10.1. The molecule has 2 rings (SSSR count). The Balaban J connectivity index is 2.28. The zero-order valence-corrected chi connectivity index (χ0v) is 11.0. The molecule has 0 radical (unpaired) electrons. The summed E-state index contributed by atoms with van der Waals surface area (Å²) in [5.74, 6) is -2.11. The molecule has 0 fully saturated rings. The van der Waals surface area contributed by atoms with E-state index in [4.69, 9.17) is 10.5 Å². The van der Waals surface area contributed by atoms with Gasteiger partial charge in [-0.05, 0) is 18.1 Å². The fraction of sp³-hybridized carbons (Fsp3) is 0.214. The third-order valence-electron chi connectivity index (χ3n) is 2.80. The molecule has 0 amide bonds. The molecule has 106 valence electrons. The number of aromatic nitrogens is 1. The van der Waals surface area contributed by atoms with Gasteiger partial charge < -0.3 is 15.8 Å². The quantitative estimate of drug-likeness (QED) is 0.883. The van der Waals surface area contributed by atoms with Gasteiger partial charge >= 0.3 is 0 Å². The van der Waals surface area contributed by atoms with Crippen molar-refractivity contribution in [3.63, 3.8) is 0 Å². The molecule has 20 heavy (non-hydrogen) atoms. The van der Waals surface area contributed by atoms with Crippen molar-refractivity contribution in [3.8, 4) is 0 Å². The lowest BCUT2D eigenvalue weighted by Crippen LogP contribution is -2.05. The number of nitrogens with one attached hydrogen (secondary N) is 1. The number of hydrogen-bond acceptors (Lipinski definition) is 4. The number of halogens is 2. The Labute approximate surface area is 115 Å². The van der Waals surface area contributed by atoms with Gasteiger partial charge in [-0.25, -0.2) is 13.8 Å². The molecule has 1 aromatic carbocycles. The molecular formula is C14H15F2N3O. The van der Waals surface area contributed by atoms with E-state index in [0.717, 1.165) is 5.56 Å². The highest BCUT2D eigenvalue weighted by molar-refractivity contribution is 5.62. The van der Waals surface area contributed by atoms with E-state index in [2.05, 4.69) is 10.3 Å². The number of nitrogens with zero attached hydrogens (tertiary/aromatic N) is 1. The van der Waals surface area contributed by atoms with Crippen LogP contribution in [0.3, 0.4) is 0 Å². The monoisotopic (exact) mass is 279 g/mol. The van der Waals surface area contributed by atoms with Gasteiger partial charge in [0.1, 0.15) is 0 Å². The number of methoxy groups -OCH3 is 1. The van der Waals surface area contributed by atoms with Crippen LogP contribution >= 0.6 is 0 Å². The van der Waals surface area contributed by atoms with Crippen molar-refractivity contribution >= 4 is 17.3 Å². The zero-order valence-electron chi connectivity index (χ0n) is 11.0. The van der Waals surface area contributed by atoms with Crippen molar-refractivity contribution in [2.75, 3.05) is 24.8 Å². The van der Waals surface area contributed by atoms with E-state index in [1.54, 1.807) is 13.2 Å². The summed E-state index contributed by atoms with van der Waals surface area (Å²) in [6, 6.07) is 8.07. The SMILES string of the molecule is COCCc1ccccc1Nc1nc(N)c(F)cc1F. The molecule has 0 atom stereocenters. The van der Waals surface area contributed by atoms with Gasteiger partial charge in [-0.15, -0.1) is 0 Å². The molecule has 1 heterocycles. The number of nitrogens with two attached hydrogens (primary N) is 1. The van der Waals surface area contributed by atoms with E-state index >= 15 is 0 Å². The highest BCUT2D eigenvalue weighted by atomic mass is 19.1. The minimum absolute atomic E-state index is 0.103. The number of ether oxygens (including phenoxy) is 1. The van der Waals surface area contributed by atoms with E-state index in [1.807, 2.05) is 18.2 Å². The summed E-state index contributed by atoms with van der Waals surface area (Å²) in [7, 11) is 1.61. The number of anilines is 3. The summed E-state index contributed by atoms with van der Waals surface area (Å²) in [5.41, 5.74) is 6.97. The van der Waals surface area contributed by atoms with Gasteiger partial charge in [0.2, 0.25) is 0 Å². The smallest absolute Gasteiger partial charge is 0.169 e. The lowest BCUT2D eigenvalue weighted by molar-refractivity contribution is 0.202. The molecule has 1 aromatic heterocycles. The first-order valence-corrected chi connectivity index (χ1v) is 6.07. The molecule has 6 heteroatoms. The predicted octanol–water partition coefficient (Wildman–Crippen LogP) is 2.87. The van der Waals surface area contributed by atoms with Crippen molar-refractivity contribution in [2.24, 2.45) is 0 Å². The van der Waals surface area contributed by atoms with Gasteiger partial charge in [0.25, 0.3) is 0 Å². The highest BCUT2D eigenvalue weighted by Crippen LogP contribution is 2.24. The van der Waals surface area contributed by atoms with E-state index in [9.17, 15) is 8.78 Å². The van der Waals surface area contributed by atoms with Crippen LogP contribution in [-0.2, 0) is 11.2 Å². The van der Waals surface area contributed by atoms with Crippen LogP contribution in [-0.4, -0.2) is 18.7 Å². The van der Waals surface area contributed by atoms with Crippen molar-refractivity contribution in [3.05, 3.63) is 47.5 Å². The topological polar surface area (TPSA) is 60.2 Å². The predicted molar refractivity (Wildman–Crippen MR) is 73.9 cm³/mol. The second-order valence-electron chi connectivity index (χ2n) is 4.21. The molecular weight excluding hydrogens is 264 g/mol. The average molecular weight is 279 g/mol. The highest BCUT2D eigenvalue weighted by Gasteiger charge is 2.11. The van der Waals surface area contributed by atoms with Gasteiger partial charge in [0, 0.05) is 18.9 Å². The molecule has 0 aliphatic carbocycles. The van der Waals surface area contributed by atoms with Crippen LogP contribution < -0.4 is 11.1 Å². The molecule has 3 N–H and O–H groups in total. The lowest BCUT2D eigenvalue weighted by Gasteiger charge is -2.12. The standard InChI is InChI=1S/C14H15F2N3O/c1-20-7-6-9-4-2-3-5-12(9)18-14-11(16)8-10(15)13(17)19-14/h2-5,8H,6-7H2,1H3,(H3,17,18,19). The maximum absolute atomic E-state index is 13.7. The molecule has 4 nitrogen and oxygen atoms in total. The normalized spacial score (nSPS) is 10.6. The molecule has 0 aliphatic rings. The zero-order chi connectivity index (χ0) is 14.5. The first kappa shape index (κ1) is 14.2. The van der Waals surface area contributed by atoms with Gasteiger partial charge in [-0.1, -0.05) is 18.2 Å². The van der Waals surface area contributed by atoms with Crippen molar-refractivity contribution in [2.45, 2.75) is 6.42 Å². The van der Waals surface area contributed by atoms with Crippen molar-refractivity contribution < 1.29 is 13.5 Å². The molecule has 0 spiro atoms. The van der Waals surface area contributed by atoms with E-state index in [0.29, 0.717) is 24.8 Å². The summed E-state index contributed by atoms with van der Waals surface area (Å²) >= 11 is 0. The second kappa shape index (κ2) is 6.29. The first-order valence-electron chi connectivity index (χ1n) is 6.07. The molecule has 0 aliphatic heterocycles. The molecule has 0 unspecified atom stereocenters. The molecule has 0 bridgehead atoms. The minimum atomic E-state index is -0.874. The molecule has 2 aromatic rings. The maximum Gasteiger partial charge on any atom is 0.169 e. The fourth-order valence-electron chi connectivity index (χ4n) is 1.77. The van der Waals surface area contributed by atoms with Crippen LogP contribution in [0.15, 0.2) is 30.3 Å². The summed E-state index contributed by atoms with van der Waals surface area (Å²) < 4.78 is 31.7. The van der Waals surface area contributed by atoms with Gasteiger partial charge in [-0.2, -0.15) is 0 Å². The second-order valence-corrected chi connectivity index (χ2v) is 4.21. The molecule has 0 saturated heterocycles. The van der Waals surface area contributed by atoms with Gasteiger partial charge in [0.05, 0.1) is 6.61 Å². The number of hydrogen-bond donors (Lipinski definition) is 2. The summed E-state index contributed by atoms with van der Waals surface area (Å²) in [4.78, 5) is 3.67. The van der Waals surface area contributed by atoms with E-state index in [-0.39, 0.29) is 11.6 Å². The van der Waals surface area contributed by atoms with Crippen molar-refractivity contribution in [1.82, 2.24) is 4.98 Å². The van der Waals surface area contributed by atoms with Crippen LogP contribution in [0.1, 0.15) is 5.56 Å². The third kappa shape index (κ3) is 3.21. The van der Waals surface area contributed by atoms with Crippen LogP contribution in [0, 0.1) is 11.6 Å². The van der Waals surface area contributed by atoms with Crippen LogP contribution in [0.25, 0.3) is 0 Å². The minimum Gasteiger partial charge on any atom is -0.384 e. The summed E-state index contributed by atoms with van der Waals surface area (Å²) in [6.45, 7) is 0.542. The van der Waals surface area contributed by atoms with Gasteiger partial charge in [0.15, 0.2) is 23.3 Å². The van der Waals surface area contributed by atoms with Crippen LogP contribution in [0.4, 0.5) is 26.1 Å². The molecule has 0 saturated carbocycles. The Morgan fingerprint density at radius 1 is 1.25 bits per heavy atom. The van der Waals surface area contributed by atoms with E-state index < -0.39 is 11.6 Å². The summed E-state index contributed by atoms with van der Waals surface area (Å²) in [6.07, 6.45) is 0.665. The largest absolute Gasteiger partial charge is 0.384 e. The van der Waals surface area contributed by atoms with Gasteiger partial charge in [-0.3, -0.25) is 0 Å². The Kier molecular flexibility index (Phi) is 4.47. The Bertz CT molecular complexity index is 605. The number of benzene rings is 1. The third-order valence-corrected chi connectivity index (χ3v) is 2.80. The number of pyridine rings is 1. The van der Waals surface area contributed by atoms with Crippen molar-refractivity contribution in [1.29, 1.82) is 0 Å². The van der Waals surface area contributed by atoms with Crippen LogP contribution in [0.2, 0.25) is 0 Å². The number of nitrogen functional groups attached to an aromatic ring is 1. The fourth-order valence-corrected chi connectivity index (χ4v) is 1.77. The Morgan fingerprint density at radius 3 is 2.75 bits per heavy atom.